The highest BCUT2D eigenvalue weighted by molar-refractivity contribution is 4.74. The summed E-state index contributed by atoms with van der Waals surface area (Å²) in [4.78, 5) is 0. The van der Waals surface area contributed by atoms with Gasteiger partial charge in [-0.05, 0) is 24.2 Å². The molecule has 1 aliphatic carbocycles. The molecule has 0 saturated heterocycles. The minimum Gasteiger partial charge on any atom is -0.0651 e. The van der Waals surface area contributed by atoms with Crippen molar-refractivity contribution in [3.63, 3.8) is 0 Å². The van der Waals surface area contributed by atoms with Gasteiger partial charge in [0.2, 0.25) is 0 Å². The van der Waals surface area contributed by atoms with Gasteiger partial charge in [-0.1, -0.05) is 46.5 Å². The van der Waals surface area contributed by atoms with E-state index in [0.29, 0.717) is 0 Å². The third-order valence-corrected chi connectivity index (χ3v) is 3.11. The molecule has 1 saturated carbocycles. The second-order valence-corrected chi connectivity index (χ2v) is 4.43. The molecule has 0 nitrogen and oxygen atoms in total. The van der Waals surface area contributed by atoms with E-state index in [1.807, 2.05) is 0 Å². The number of rotatable bonds is 5. The lowest BCUT2D eigenvalue weighted by Crippen LogP contribution is -2.07. The van der Waals surface area contributed by atoms with Crippen LogP contribution in [0.4, 0.5) is 0 Å². The van der Waals surface area contributed by atoms with Crippen molar-refractivity contribution >= 4 is 0 Å². The highest BCUT2D eigenvalue weighted by Gasteiger charge is 2.22. The molecule has 1 atom stereocenters. The fourth-order valence-electron chi connectivity index (χ4n) is 1.87. The van der Waals surface area contributed by atoms with Crippen LogP contribution in [0.3, 0.4) is 0 Å². The minimum atomic E-state index is 0.902. The molecule has 0 spiro atoms. The van der Waals surface area contributed by atoms with Crippen molar-refractivity contribution in [3.8, 4) is 0 Å². The normalized spacial score (nSPS) is 20.7. The Bertz CT molecular complexity index is 101. The van der Waals surface area contributed by atoms with Gasteiger partial charge in [0.15, 0.2) is 0 Å². The van der Waals surface area contributed by atoms with Gasteiger partial charge in [0, 0.05) is 0 Å². The molecule has 0 amide bonds. The Morgan fingerprint density at radius 2 is 1.91 bits per heavy atom. The van der Waals surface area contributed by atoms with Crippen LogP contribution in [0, 0.1) is 17.8 Å². The molecule has 66 valence electrons. The SMILES string of the molecule is CCC(CCC1CC1)C(C)C. The van der Waals surface area contributed by atoms with Gasteiger partial charge >= 0.3 is 0 Å². The molecule has 11 heavy (non-hydrogen) atoms. The molecule has 0 radical (unpaired) electrons. The second-order valence-electron chi connectivity index (χ2n) is 4.43. The van der Waals surface area contributed by atoms with Crippen LogP contribution >= 0.6 is 0 Å². The third-order valence-electron chi connectivity index (χ3n) is 3.11. The van der Waals surface area contributed by atoms with Gasteiger partial charge in [0.25, 0.3) is 0 Å². The molecule has 1 unspecified atom stereocenters. The second kappa shape index (κ2) is 4.13. The maximum absolute atomic E-state index is 2.36. The standard InChI is InChI=1S/C11H22/c1-4-11(9(2)3)8-7-10-5-6-10/h9-11H,4-8H2,1-3H3. The summed E-state index contributed by atoms with van der Waals surface area (Å²) < 4.78 is 0. The Balaban J connectivity index is 2.08. The summed E-state index contributed by atoms with van der Waals surface area (Å²) in [6.45, 7) is 7.06. The first-order valence-electron chi connectivity index (χ1n) is 5.24. The van der Waals surface area contributed by atoms with Crippen LogP contribution in [-0.4, -0.2) is 0 Å². The molecular weight excluding hydrogens is 132 g/mol. The van der Waals surface area contributed by atoms with Gasteiger partial charge < -0.3 is 0 Å². The molecule has 0 aliphatic heterocycles. The lowest BCUT2D eigenvalue weighted by atomic mass is 9.88. The van der Waals surface area contributed by atoms with Gasteiger partial charge in [0.05, 0.1) is 0 Å². The van der Waals surface area contributed by atoms with E-state index in [2.05, 4.69) is 20.8 Å². The molecule has 0 bridgehead atoms. The zero-order valence-electron chi connectivity index (χ0n) is 8.27. The highest BCUT2D eigenvalue weighted by atomic mass is 14.3. The summed E-state index contributed by atoms with van der Waals surface area (Å²) in [5.41, 5.74) is 0. The molecule has 0 N–H and O–H groups in total. The average molecular weight is 154 g/mol. The Labute approximate surface area is 71.4 Å². The van der Waals surface area contributed by atoms with E-state index in [1.165, 1.54) is 32.1 Å². The maximum Gasteiger partial charge on any atom is -0.0394 e. The predicted octanol–water partition coefficient (Wildman–Crippen LogP) is 3.86. The van der Waals surface area contributed by atoms with Crippen LogP contribution < -0.4 is 0 Å². The largest absolute Gasteiger partial charge is 0.0651 e. The lowest BCUT2D eigenvalue weighted by Gasteiger charge is -2.18. The Morgan fingerprint density at radius 3 is 2.27 bits per heavy atom. The van der Waals surface area contributed by atoms with Crippen LogP contribution in [0.2, 0.25) is 0 Å². The van der Waals surface area contributed by atoms with Gasteiger partial charge in [0.1, 0.15) is 0 Å². The zero-order valence-corrected chi connectivity index (χ0v) is 8.27. The summed E-state index contributed by atoms with van der Waals surface area (Å²) in [7, 11) is 0. The summed E-state index contributed by atoms with van der Waals surface area (Å²) in [5.74, 6) is 3.03. The van der Waals surface area contributed by atoms with Crippen LogP contribution in [0.25, 0.3) is 0 Å². The van der Waals surface area contributed by atoms with Crippen molar-refractivity contribution in [3.05, 3.63) is 0 Å². The van der Waals surface area contributed by atoms with E-state index >= 15 is 0 Å². The van der Waals surface area contributed by atoms with Crippen molar-refractivity contribution in [2.24, 2.45) is 17.8 Å². The molecule has 0 aromatic heterocycles. The average Bonchev–Trinajstić information content (AvgIpc) is 2.72. The van der Waals surface area contributed by atoms with Gasteiger partial charge in [-0.2, -0.15) is 0 Å². The fourth-order valence-corrected chi connectivity index (χ4v) is 1.87. The first-order valence-corrected chi connectivity index (χ1v) is 5.24. The van der Waals surface area contributed by atoms with Crippen molar-refractivity contribution in [1.29, 1.82) is 0 Å². The molecule has 1 fully saturated rings. The lowest BCUT2D eigenvalue weighted by molar-refractivity contribution is 0.334. The highest BCUT2D eigenvalue weighted by Crippen LogP contribution is 2.36. The van der Waals surface area contributed by atoms with E-state index in [0.717, 1.165) is 17.8 Å². The van der Waals surface area contributed by atoms with Crippen molar-refractivity contribution < 1.29 is 0 Å². The molecule has 0 heterocycles. The number of hydrogen-bond donors (Lipinski definition) is 0. The van der Waals surface area contributed by atoms with Crippen LogP contribution in [0.1, 0.15) is 52.9 Å². The van der Waals surface area contributed by atoms with E-state index in [4.69, 9.17) is 0 Å². The van der Waals surface area contributed by atoms with Crippen LogP contribution in [-0.2, 0) is 0 Å². The predicted molar refractivity (Wildman–Crippen MR) is 50.6 cm³/mol. The summed E-state index contributed by atoms with van der Waals surface area (Å²) >= 11 is 0. The molecule has 1 aliphatic rings. The quantitative estimate of drug-likeness (QED) is 0.564. The smallest absolute Gasteiger partial charge is 0.0394 e. The maximum atomic E-state index is 2.36. The van der Waals surface area contributed by atoms with E-state index < -0.39 is 0 Å². The van der Waals surface area contributed by atoms with Crippen LogP contribution in [0.15, 0.2) is 0 Å². The molecule has 1 rings (SSSR count). The van der Waals surface area contributed by atoms with Gasteiger partial charge in [-0.25, -0.2) is 0 Å². The Hall–Kier alpha value is 0. The van der Waals surface area contributed by atoms with Crippen molar-refractivity contribution in [2.75, 3.05) is 0 Å². The topological polar surface area (TPSA) is 0 Å². The van der Waals surface area contributed by atoms with Crippen molar-refractivity contribution in [2.45, 2.75) is 52.9 Å². The summed E-state index contributed by atoms with van der Waals surface area (Å²) in [5, 5.41) is 0. The fraction of sp³-hybridized carbons (Fsp3) is 1.00. The molecule has 0 aromatic carbocycles. The van der Waals surface area contributed by atoms with Crippen molar-refractivity contribution in [1.82, 2.24) is 0 Å². The van der Waals surface area contributed by atoms with Gasteiger partial charge in [-0.15, -0.1) is 0 Å². The Kier molecular flexibility index (Phi) is 3.42. The van der Waals surface area contributed by atoms with Crippen LogP contribution in [0.5, 0.6) is 0 Å². The first kappa shape index (κ1) is 9.09. The molecule has 0 heteroatoms. The van der Waals surface area contributed by atoms with E-state index in [-0.39, 0.29) is 0 Å². The summed E-state index contributed by atoms with van der Waals surface area (Å²) in [6, 6.07) is 0. The molecule has 0 aromatic rings. The number of hydrogen-bond acceptors (Lipinski definition) is 0. The van der Waals surface area contributed by atoms with E-state index in [1.54, 1.807) is 0 Å². The monoisotopic (exact) mass is 154 g/mol. The van der Waals surface area contributed by atoms with E-state index in [9.17, 15) is 0 Å². The minimum absolute atomic E-state index is 0.902. The molecular formula is C11H22. The first-order chi connectivity index (χ1) is 5.24. The summed E-state index contributed by atoms with van der Waals surface area (Å²) in [6.07, 6.45) is 7.42. The van der Waals surface area contributed by atoms with Gasteiger partial charge in [-0.3, -0.25) is 0 Å². The Morgan fingerprint density at radius 1 is 1.27 bits per heavy atom. The zero-order chi connectivity index (χ0) is 8.27. The third kappa shape index (κ3) is 3.27.